The van der Waals surface area contributed by atoms with E-state index in [1.807, 2.05) is 12.1 Å². The molecule has 6 amide bonds. The number of imide groups is 6. The Labute approximate surface area is 451 Å². The number of benzene rings is 4. The maximum absolute atomic E-state index is 15.4. The van der Waals surface area contributed by atoms with Crippen LogP contribution in [0.25, 0.3) is 31.0 Å². The number of thiophene rings is 3. The number of rotatable bonds is 12. The summed E-state index contributed by atoms with van der Waals surface area (Å²) in [6, 6.07) is 38.6. The molecular formula is C59H41N3O12S3. The molecule has 0 saturated carbocycles. The van der Waals surface area contributed by atoms with Crippen molar-refractivity contribution in [2.24, 2.45) is 0 Å². The van der Waals surface area contributed by atoms with Crippen LogP contribution < -0.4 is 0 Å². The lowest BCUT2D eigenvalue weighted by Gasteiger charge is -2.30. The fourth-order valence-corrected chi connectivity index (χ4v) is 13.3. The lowest BCUT2D eigenvalue weighted by Crippen LogP contribution is -2.48. The van der Waals surface area contributed by atoms with Crippen molar-refractivity contribution < 1.29 is 57.3 Å². The molecule has 0 radical (unpaired) electrons. The van der Waals surface area contributed by atoms with E-state index >= 15 is 9.59 Å². The van der Waals surface area contributed by atoms with E-state index in [-0.39, 0.29) is 64.8 Å². The Hall–Kier alpha value is -9.15. The molecule has 18 heteroatoms. The number of nitrogens with zero attached hydrogens (tertiary/aromatic N) is 3. The van der Waals surface area contributed by atoms with Gasteiger partial charge in [0.05, 0.1) is 14.1 Å². The second kappa shape index (κ2) is 21.2. The molecule has 0 fully saturated rings. The largest absolute Gasteiger partial charge is 0.459 e. The van der Waals surface area contributed by atoms with E-state index in [1.54, 1.807) is 140 Å². The van der Waals surface area contributed by atoms with Crippen LogP contribution in [0.2, 0.25) is 0 Å². The first kappa shape index (κ1) is 51.3. The monoisotopic (exact) mass is 1080 g/mol. The van der Waals surface area contributed by atoms with Crippen LogP contribution in [0.1, 0.15) is 58.3 Å². The third-order valence-corrected chi connectivity index (χ3v) is 17.0. The number of hydrogen-bond donors (Lipinski definition) is 0. The molecule has 10 rings (SSSR count). The summed E-state index contributed by atoms with van der Waals surface area (Å²) in [5, 5.41) is 10.3. The maximum Gasteiger partial charge on any atom is 0.424 e. The molecule has 0 atom stereocenters. The smallest absolute Gasteiger partial charge is 0.424 e. The van der Waals surface area contributed by atoms with Crippen molar-refractivity contribution in [3.63, 3.8) is 0 Å². The van der Waals surface area contributed by atoms with Crippen molar-refractivity contribution in [3.8, 4) is 6.07 Å². The van der Waals surface area contributed by atoms with Crippen LogP contribution in [0, 0.1) is 11.3 Å². The Balaban J connectivity index is 1.09. The normalized spacial score (nSPS) is 16.3. The highest BCUT2D eigenvalue weighted by atomic mass is 32.1. The number of nitriles is 1. The van der Waals surface area contributed by atoms with Gasteiger partial charge in [0.15, 0.2) is 0 Å². The van der Waals surface area contributed by atoms with Gasteiger partial charge in [-0.15, -0.1) is 34.0 Å². The number of fused-ring (bicyclic) bond motifs is 5. The van der Waals surface area contributed by atoms with Crippen molar-refractivity contribution in [1.82, 2.24) is 9.80 Å². The average Bonchev–Trinajstić information content (AvgIpc) is 4.39. The number of ether oxygens (including phenoxy) is 4. The van der Waals surface area contributed by atoms with Crippen molar-refractivity contribution in [3.05, 3.63) is 210 Å². The van der Waals surface area contributed by atoms with E-state index in [2.05, 4.69) is 0 Å². The number of hydrogen-bond acceptors (Lipinski definition) is 16. The van der Waals surface area contributed by atoms with Gasteiger partial charge >= 0.3 is 24.1 Å². The molecule has 77 heavy (non-hydrogen) atoms. The van der Waals surface area contributed by atoms with Crippen LogP contribution in [-0.2, 0) is 79.6 Å². The van der Waals surface area contributed by atoms with E-state index in [1.165, 1.54) is 53.9 Å². The quantitative estimate of drug-likeness (QED) is 0.0368. The molecule has 7 aromatic rings. The Bertz CT molecular complexity index is 3800. The molecule has 5 heterocycles. The van der Waals surface area contributed by atoms with Gasteiger partial charge in [0.25, 0.3) is 23.6 Å². The molecule has 0 bridgehead atoms. The van der Waals surface area contributed by atoms with Crippen molar-refractivity contribution >= 4 is 113 Å². The first-order valence-electron chi connectivity index (χ1n) is 23.8. The molecule has 3 aliphatic rings. The van der Waals surface area contributed by atoms with Crippen LogP contribution in [0.4, 0.5) is 9.59 Å². The Morgan fingerprint density at radius 2 is 0.987 bits per heavy atom. The highest BCUT2D eigenvalue weighted by Crippen LogP contribution is 2.57. The molecule has 4 aromatic carbocycles. The van der Waals surface area contributed by atoms with Crippen LogP contribution in [0.3, 0.4) is 0 Å². The molecule has 0 spiro atoms. The van der Waals surface area contributed by atoms with Gasteiger partial charge in [0, 0.05) is 36.7 Å². The zero-order chi connectivity index (χ0) is 54.1. The van der Waals surface area contributed by atoms with E-state index in [4.69, 9.17) is 18.9 Å². The van der Waals surface area contributed by atoms with E-state index in [0.717, 1.165) is 4.70 Å². The molecule has 1 aliphatic carbocycles. The molecule has 0 saturated heterocycles. The van der Waals surface area contributed by atoms with Gasteiger partial charge in [-0.25, -0.2) is 9.59 Å². The molecule has 3 aromatic heterocycles. The van der Waals surface area contributed by atoms with Crippen molar-refractivity contribution in [1.29, 1.82) is 5.26 Å². The third kappa shape index (κ3) is 9.41. The number of carbonyl (C=O) groups is 8. The molecule has 0 N–H and O–H groups in total. The van der Waals surface area contributed by atoms with Gasteiger partial charge in [-0.2, -0.15) is 15.1 Å². The summed E-state index contributed by atoms with van der Waals surface area (Å²) < 4.78 is 25.6. The minimum absolute atomic E-state index is 0.0965. The standard InChI is InChI=1S/C59H41N3O12S3/c1-33-34(2)51(63)61(57(69)73-31-38-20-12-6-13-21-38)53(65)43(33)26-41-27-46-48(75-41)50-49(77-46)47-45(76-50)25-40(24-42-35(3)44(28-60)54(66)62(52(42)64)58(70)74-32-39-22-14-7-15-23-39)59(47,55(67)71-29-36-16-8-4-9-17-36)56(68)72-30-37-18-10-5-11-19-37/h4-27H,29-32H2,1-3H3/b42-24+,43-26+. The maximum atomic E-state index is 15.4. The number of allylic oxidation sites excluding steroid dienone is 1. The van der Waals surface area contributed by atoms with Gasteiger partial charge in [0.1, 0.15) is 38.1 Å². The Morgan fingerprint density at radius 1 is 0.532 bits per heavy atom. The van der Waals surface area contributed by atoms with Crippen LogP contribution >= 0.6 is 34.0 Å². The zero-order valence-electron chi connectivity index (χ0n) is 41.2. The minimum Gasteiger partial charge on any atom is -0.459 e. The second-order valence-electron chi connectivity index (χ2n) is 17.9. The summed E-state index contributed by atoms with van der Waals surface area (Å²) in [7, 11) is 0. The highest BCUT2D eigenvalue weighted by Gasteiger charge is 2.59. The molecule has 2 aliphatic heterocycles. The third-order valence-electron chi connectivity index (χ3n) is 13.2. The lowest BCUT2D eigenvalue weighted by molar-refractivity contribution is -0.164. The van der Waals surface area contributed by atoms with Gasteiger partial charge in [-0.05, 0) is 84.0 Å². The number of carbonyl (C=O) groups excluding carboxylic acids is 8. The minimum atomic E-state index is -2.45. The second-order valence-corrected chi connectivity index (χ2v) is 21.1. The lowest BCUT2D eigenvalue weighted by atomic mass is 9.76. The predicted molar refractivity (Wildman–Crippen MR) is 287 cm³/mol. The highest BCUT2D eigenvalue weighted by molar-refractivity contribution is 7.39. The van der Waals surface area contributed by atoms with Crippen LogP contribution in [0.5, 0.6) is 0 Å². The summed E-state index contributed by atoms with van der Waals surface area (Å²) in [5.41, 5.74) is -0.270. The Kier molecular flexibility index (Phi) is 14.2. The van der Waals surface area contributed by atoms with E-state index in [9.17, 15) is 34.0 Å². The first-order chi connectivity index (χ1) is 37.2. The molecule has 382 valence electrons. The van der Waals surface area contributed by atoms with Crippen molar-refractivity contribution in [2.75, 3.05) is 0 Å². The summed E-state index contributed by atoms with van der Waals surface area (Å²) in [5.74, 6) is -6.14. The summed E-state index contributed by atoms with van der Waals surface area (Å²) in [6.07, 6.45) is 1.91. The SMILES string of the molecule is CC1=C(C)/C(=C\c2cc3sc4c5c(sc4c3s2)C=C(/C=C2/C(=O)N(C(=O)OCc3ccccc3)C(=O)C(C#N)=C2C)C5(C(=O)OCc2ccccc2)C(=O)OCc2ccccc2)C(=O)N(C(=O)OCc2ccccc2)C1=O. The van der Waals surface area contributed by atoms with E-state index in [0.29, 0.717) is 56.6 Å². The first-order valence-corrected chi connectivity index (χ1v) is 26.2. The van der Waals surface area contributed by atoms with E-state index < -0.39 is 58.7 Å². The summed E-state index contributed by atoms with van der Waals surface area (Å²) in [6.45, 7) is 3.49. The Morgan fingerprint density at radius 3 is 1.47 bits per heavy atom. The van der Waals surface area contributed by atoms with Gasteiger partial charge < -0.3 is 18.9 Å². The topological polar surface area (TPSA) is 204 Å². The van der Waals surface area contributed by atoms with Crippen LogP contribution in [-0.4, -0.2) is 57.6 Å². The number of amides is 6. The predicted octanol–water partition coefficient (Wildman–Crippen LogP) is 11.2. The molecular weight excluding hydrogens is 1040 g/mol. The fourth-order valence-electron chi connectivity index (χ4n) is 9.03. The van der Waals surface area contributed by atoms with Gasteiger partial charge in [0.2, 0.25) is 5.41 Å². The zero-order valence-corrected chi connectivity index (χ0v) is 43.6. The van der Waals surface area contributed by atoms with Crippen LogP contribution in [0.15, 0.2) is 172 Å². The van der Waals surface area contributed by atoms with Crippen molar-refractivity contribution in [2.45, 2.75) is 52.6 Å². The molecule has 0 unspecified atom stereocenters. The summed E-state index contributed by atoms with van der Waals surface area (Å²) in [4.78, 5) is 115. The summed E-state index contributed by atoms with van der Waals surface area (Å²) >= 11 is 3.79. The fraction of sp³-hybridized carbons (Fsp3) is 0.136. The van der Waals surface area contributed by atoms with Gasteiger partial charge in [-0.3, -0.25) is 28.8 Å². The average molecular weight is 1080 g/mol. The number of esters is 2. The van der Waals surface area contributed by atoms with Gasteiger partial charge in [-0.1, -0.05) is 121 Å². The molecule has 15 nitrogen and oxygen atoms in total.